The Kier molecular flexibility index (Phi) is 5.62. The van der Waals surface area contributed by atoms with Crippen LogP contribution in [0.2, 0.25) is 0 Å². The van der Waals surface area contributed by atoms with Gasteiger partial charge < -0.3 is 15.2 Å². The maximum absolute atomic E-state index is 13.9. The van der Waals surface area contributed by atoms with Crippen LogP contribution in [0.5, 0.6) is 0 Å². The molecule has 1 aromatic rings. The van der Waals surface area contributed by atoms with E-state index in [0.717, 1.165) is 25.0 Å². The zero-order chi connectivity index (χ0) is 21.3. The summed E-state index contributed by atoms with van der Waals surface area (Å²) in [5.74, 6) is -4.76. The molecule has 0 amide bonds. The second-order valence-corrected chi connectivity index (χ2v) is 7.43. The lowest BCUT2D eigenvalue weighted by atomic mass is 9.93. The summed E-state index contributed by atoms with van der Waals surface area (Å²) in [6.07, 6.45) is 3.09. The van der Waals surface area contributed by atoms with Gasteiger partial charge in [-0.15, -0.1) is 0 Å². The normalized spacial score (nSPS) is 28.9. The van der Waals surface area contributed by atoms with E-state index in [1.165, 1.54) is 6.07 Å². The van der Waals surface area contributed by atoms with Gasteiger partial charge in [0.05, 0.1) is 25.4 Å². The highest BCUT2D eigenvalue weighted by Crippen LogP contribution is 2.82. The number of halogens is 2. The van der Waals surface area contributed by atoms with Gasteiger partial charge in [-0.05, 0) is 30.5 Å². The number of nitrogens with two attached hydrogens (primary N) is 1. The minimum Gasteiger partial charge on any atom is -0.386 e. The van der Waals surface area contributed by atoms with Gasteiger partial charge in [0, 0.05) is 5.92 Å². The summed E-state index contributed by atoms with van der Waals surface area (Å²) in [6, 6.07) is 7.62. The molecule has 3 atom stereocenters. The first kappa shape index (κ1) is 21.2. The van der Waals surface area contributed by atoms with Crippen LogP contribution in [-0.4, -0.2) is 25.0 Å². The molecule has 2 N–H and O–H groups in total. The van der Waals surface area contributed by atoms with Gasteiger partial charge in [0.25, 0.3) is 5.91 Å². The maximum Gasteiger partial charge on any atom is 0.293 e. The summed E-state index contributed by atoms with van der Waals surface area (Å²) in [5, 5.41) is 20.3. The number of hydrogen-bond donors (Lipinski definition) is 1. The first-order valence-electron chi connectivity index (χ1n) is 9.81. The highest BCUT2D eigenvalue weighted by atomic mass is 19.2. The van der Waals surface area contributed by atoms with Crippen LogP contribution in [0.1, 0.15) is 51.0 Å². The largest absolute Gasteiger partial charge is 0.386 e. The van der Waals surface area contributed by atoms with Crippen molar-refractivity contribution >= 4 is 5.84 Å². The van der Waals surface area contributed by atoms with Crippen LogP contribution in [0.4, 0.5) is 8.78 Å². The second kappa shape index (κ2) is 7.70. The van der Waals surface area contributed by atoms with Crippen molar-refractivity contribution in [2.75, 3.05) is 13.2 Å². The second-order valence-electron chi connectivity index (χ2n) is 7.43. The molecule has 6 nitrogen and oxygen atoms in total. The van der Waals surface area contributed by atoms with E-state index in [-0.39, 0.29) is 24.6 Å². The molecule has 3 unspecified atom stereocenters. The SMILES string of the molecule is CCCCOC1(OCCCC)N=C(N)C2(C#N)C(c3ccc(F)c(F)c3)C12C#N. The topological polar surface area (TPSA) is 104 Å². The Morgan fingerprint density at radius 2 is 1.69 bits per heavy atom. The summed E-state index contributed by atoms with van der Waals surface area (Å²) in [7, 11) is 0. The van der Waals surface area contributed by atoms with Crippen molar-refractivity contribution in [1.82, 2.24) is 0 Å². The van der Waals surface area contributed by atoms with Crippen molar-refractivity contribution in [3.63, 3.8) is 0 Å². The number of ether oxygens (including phenoxy) is 2. The van der Waals surface area contributed by atoms with Gasteiger partial charge in [0.1, 0.15) is 11.3 Å². The van der Waals surface area contributed by atoms with E-state index in [1.807, 2.05) is 13.8 Å². The lowest BCUT2D eigenvalue weighted by molar-refractivity contribution is -0.260. The number of aliphatic imine (C=N–C) groups is 1. The third-order valence-corrected chi connectivity index (χ3v) is 5.80. The number of benzene rings is 1. The Labute approximate surface area is 168 Å². The van der Waals surface area contributed by atoms with Crippen LogP contribution in [0.15, 0.2) is 23.2 Å². The first-order valence-corrected chi connectivity index (χ1v) is 9.81. The Bertz CT molecular complexity index is 897. The molecule has 1 fully saturated rings. The highest BCUT2D eigenvalue weighted by molar-refractivity contribution is 6.00. The van der Waals surface area contributed by atoms with Gasteiger partial charge in [-0.1, -0.05) is 32.8 Å². The molecule has 29 heavy (non-hydrogen) atoms. The molecule has 2 aliphatic rings. The highest BCUT2D eigenvalue weighted by Gasteiger charge is 2.93. The molecule has 154 valence electrons. The van der Waals surface area contributed by atoms with Crippen LogP contribution < -0.4 is 5.73 Å². The third kappa shape index (κ3) is 2.74. The van der Waals surface area contributed by atoms with Crippen LogP contribution in [0.25, 0.3) is 0 Å². The van der Waals surface area contributed by atoms with Gasteiger partial charge in [0.2, 0.25) is 0 Å². The number of rotatable bonds is 9. The summed E-state index contributed by atoms with van der Waals surface area (Å²) in [6.45, 7) is 4.49. The molecule has 0 radical (unpaired) electrons. The standard InChI is InChI=1S/C21H24F2N4O2/c1-3-5-9-28-21(29-10-6-4-2)20(13-25)17(19(20,12-24)18(26)27-21)14-7-8-15(22)16(23)11-14/h7-8,11,17H,3-6,9-10H2,1-2H3,(H2,26,27). The number of amidine groups is 1. The molecule has 0 spiro atoms. The molecule has 3 rings (SSSR count). The monoisotopic (exact) mass is 402 g/mol. The molecule has 0 saturated heterocycles. The van der Waals surface area contributed by atoms with Crippen molar-refractivity contribution < 1.29 is 18.3 Å². The van der Waals surface area contributed by atoms with Crippen LogP contribution in [0, 0.1) is 45.1 Å². The van der Waals surface area contributed by atoms with Crippen LogP contribution in [0.3, 0.4) is 0 Å². The van der Waals surface area contributed by atoms with E-state index in [0.29, 0.717) is 12.8 Å². The van der Waals surface area contributed by atoms with Gasteiger partial charge >= 0.3 is 0 Å². The summed E-state index contributed by atoms with van der Waals surface area (Å²) >= 11 is 0. The van der Waals surface area contributed by atoms with Crippen molar-refractivity contribution in [1.29, 1.82) is 10.5 Å². The zero-order valence-corrected chi connectivity index (χ0v) is 16.5. The summed E-state index contributed by atoms with van der Waals surface area (Å²) < 4.78 is 39.4. The van der Waals surface area contributed by atoms with Crippen molar-refractivity contribution in [3.8, 4) is 12.1 Å². The number of unbranched alkanes of at least 4 members (excludes halogenated alkanes) is 2. The lowest BCUT2D eigenvalue weighted by Gasteiger charge is -2.32. The summed E-state index contributed by atoms with van der Waals surface area (Å²) in [4.78, 5) is 4.33. The molecule has 1 saturated carbocycles. The zero-order valence-electron chi connectivity index (χ0n) is 16.5. The molecule has 1 aliphatic heterocycles. The Balaban J connectivity index is 2.11. The average Bonchev–Trinajstić information content (AvgIpc) is 3.29. The van der Waals surface area contributed by atoms with Crippen LogP contribution in [-0.2, 0) is 9.47 Å². The van der Waals surface area contributed by atoms with E-state index in [1.54, 1.807) is 0 Å². The third-order valence-electron chi connectivity index (χ3n) is 5.80. The molecule has 8 heteroatoms. The fourth-order valence-electron chi connectivity index (χ4n) is 4.26. The molecule has 1 heterocycles. The predicted octanol–water partition coefficient (Wildman–Crippen LogP) is 3.74. The van der Waals surface area contributed by atoms with Crippen molar-refractivity contribution in [2.24, 2.45) is 21.6 Å². The molecule has 0 aromatic heterocycles. The van der Waals surface area contributed by atoms with Crippen molar-refractivity contribution in [2.45, 2.75) is 51.4 Å². The first-order chi connectivity index (χ1) is 13.9. The number of fused-ring (bicyclic) bond motifs is 1. The Hall–Kier alpha value is -2.55. The van der Waals surface area contributed by atoms with E-state index in [2.05, 4.69) is 17.1 Å². The molecule has 1 aliphatic carbocycles. The Morgan fingerprint density at radius 3 is 2.17 bits per heavy atom. The summed E-state index contributed by atoms with van der Waals surface area (Å²) in [5.41, 5.74) is 3.34. The van der Waals surface area contributed by atoms with Gasteiger partial charge in [0.15, 0.2) is 17.0 Å². The number of nitrogens with zero attached hydrogens (tertiary/aromatic N) is 3. The van der Waals surface area contributed by atoms with Gasteiger partial charge in [-0.25, -0.2) is 13.8 Å². The van der Waals surface area contributed by atoms with Gasteiger partial charge in [-0.3, -0.25) is 0 Å². The molecular formula is C21H24F2N4O2. The fraction of sp³-hybridized carbons (Fsp3) is 0.571. The molecule has 0 bridgehead atoms. The molecular weight excluding hydrogens is 378 g/mol. The van der Waals surface area contributed by atoms with Gasteiger partial charge in [-0.2, -0.15) is 10.5 Å². The minimum absolute atomic E-state index is 0.0794. The van der Waals surface area contributed by atoms with Crippen LogP contribution >= 0.6 is 0 Å². The Morgan fingerprint density at radius 1 is 1.07 bits per heavy atom. The quantitative estimate of drug-likeness (QED) is 0.500. The number of nitriles is 2. The fourth-order valence-corrected chi connectivity index (χ4v) is 4.26. The predicted molar refractivity (Wildman–Crippen MR) is 101 cm³/mol. The van der Waals surface area contributed by atoms with E-state index in [9.17, 15) is 19.3 Å². The average molecular weight is 402 g/mol. The number of hydrogen-bond acceptors (Lipinski definition) is 6. The lowest BCUT2D eigenvalue weighted by Crippen LogP contribution is -2.44. The van der Waals surface area contributed by atoms with E-state index < -0.39 is 34.3 Å². The minimum atomic E-state index is -1.76. The van der Waals surface area contributed by atoms with E-state index in [4.69, 9.17) is 15.2 Å². The smallest absolute Gasteiger partial charge is 0.293 e. The van der Waals surface area contributed by atoms with Crippen molar-refractivity contribution in [3.05, 3.63) is 35.4 Å². The molecule has 1 aromatic carbocycles. The van der Waals surface area contributed by atoms with E-state index >= 15 is 0 Å². The maximum atomic E-state index is 13.9.